The van der Waals surface area contributed by atoms with Gasteiger partial charge in [-0.2, -0.15) is 9.78 Å². The topological polar surface area (TPSA) is 69.6 Å². The first-order valence-corrected chi connectivity index (χ1v) is 10.2. The van der Waals surface area contributed by atoms with Gasteiger partial charge in [-0.05, 0) is 67.3 Å². The summed E-state index contributed by atoms with van der Waals surface area (Å²) in [5, 5.41) is 4.97. The Hall–Kier alpha value is -3.67. The van der Waals surface area contributed by atoms with Gasteiger partial charge in [-0.3, -0.25) is 4.79 Å². The van der Waals surface area contributed by atoms with E-state index in [1.807, 2.05) is 56.3 Å². The van der Waals surface area contributed by atoms with E-state index in [0.29, 0.717) is 22.5 Å². The summed E-state index contributed by atoms with van der Waals surface area (Å²) in [5.41, 5.74) is 3.22. The molecular weight excluding hydrogens is 390 g/mol. The van der Waals surface area contributed by atoms with Crippen molar-refractivity contribution in [1.82, 2.24) is 9.66 Å². The minimum absolute atomic E-state index is 0.235. The molecule has 2 aromatic carbocycles. The number of benzene rings is 2. The molecule has 2 aromatic heterocycles. The molecule has 158 valence electrons. The lowest BCUT2D eigenvalue weighted by molar-refractivity contribution is 0.407. The van der Waals surface area contributed by atoms with Crippen LogP contribution >= 0.6 is 0 Å². The van der Waals surface area contributed by atoms with Gasteiger partial charge in [0.15, 0.2) is 5.82 Å². The minimum atomic E-state index is -0.235. The maximum Gasteiger partial charge on any atom is 0.282 e. The number of nitrogens with zero attached hydrogens (tertiary/aromatic N) is 3. The molecule has 0 spiro atoms. The molecule has 0 bridgehead atoms. The summed E-state index contributed by atoms with van der Waals surface area (Å²) in [7, 11) is 1.67. The Labute approximate surface area is 180 Å². The minimum Gasteiger partial charge on any atom is -0.496 e. The van der Waals surface area contributed by atoms with Crippen molar-refractivity contribution in [1.29, 1.82) is 0 Å². The van der Waals surface area contributed by atoms with Crippen molar-refractivity contribution in [3.8, 4) is 17.1 Å². The third-order valence-corrected chi connectivity index (χ3v) is 5.26. The Kier molecular flexibility index (Phi) is 5.46. The van der Waals surface area contributed by atoms with Gasteiger partial charge >= 0.3 is 0 Å². The van der Waals surface area contributed by atoms with E-state index in [1.54, 1.807) is 13.2 Å². The molecule has 0 saturated carbocycles. The molecule has 4 aromatic rings. The molecular formula is C25H25N3O3. The van der Waals surface area contributed by atoms with E-state index < -0.39 is 0 Å². The lowest BCUT2D eigenvalue weighted by Crippen LogP contribution is -2.20. The second-order valence-corrected chi connectivity index (χ2v) is 7.83. The second kappa shape index (κ2) is 8.22. The maximum absolute atomic E-state index is 13.4. The third-order valence-electron chi connectivity index (χ3n) is 5.26. The van der Waals surface area contributed by atoms with Crippen LogP contribution in [0.25, 0.3) is 22.3 Å². The average Bonchev–Trinajstić information content (AvgIpc) is 3.17. The average molecular weight is 415 g/mol. The highest BCUT2D eigenvalue weighted by atomic mass is 16.5. The highest BCUT2D eigenvalue weighted by molar-refractivity contribution is 5.81. The predicted octanol–water partition coefficient (Wildman–Crippen LogP) is 5.29. The van der Waals surface area contributed by atoms with E-state index in [2.05, 4.69) is 18.9 Å². The highest BCUT2D eigenvalue weighted by Gasteiger charge is 2.18. The Morgan fingerprint density at radius 2 is 1.90 bits per heavy atom. The number of fused-ring (bicyclic) bond motifs is 1. The van der Waals surface area contributed by atoms with Gasteiger partial charge in [-0.25, -0.2) is 4.98 Å². The van der Waals surface area contributed by atoms with Gasteiger partial charge in [0.2, 0.25) is 0 Å². The quantitative estimate of drug-likeness (QED) is 0.416. The SMILES string of the molecule is COc1cc(C)c(-c2nc3ccccc3c(=O)n2N=Cc2ccc(C)o2)cc1C(C)C. The second-order valence-electron chi connectivity index (χ2n) is 7.83. The van der Waals surface area contributed by atoms with Crippen molar-refractivity contribution in [2.24, 2.45) is 5.10 Å². The monoisotopic (exact) mass is 415 g/mol. The number of ether oxygens (including phenoxy) is 1. The van der Waals surface area contributed by atoms with Crippen molar-refractivity contribution in [2.45, 2.75) is 33.6 Å². The number of aryl methyl sites for hydroxylation is 2. The van der Waals surface area contributed by atoms with E-state index in [9.17, 15) is 4.79 Å². The summed E-state index contributed by atoms with van der Waals surface area (Å²) >= 11 is 0. The molecule has 0 atom stereocenters. The van der Waals surface area contributed by atoms with Crippen LogP contribution in [0.15, 0.2) is 62.8 Å². The van der Waals surface area contributed by atoms with Gasteiger partial charge in [0.1, 0.15) is 17.3 Å². The predicted molar refractivity (Wildman–Crippen MR) is 123 cm³/mol. The first-order chi connectivity index (χ1) is 14.9. The van der Waals surface area contributed by atoms with Crippen LogP contribution in [0, 0.1) is 13.8 Å². The zero-order chi connectivity index (χ0) is 22.1. The van der Waals surface area contributed by atoms with E-state index in [-0.39, 0.29) is 11.5 Å². The first-order valence-electron chi connectivity index (χ1n) is 10.2. The number of rotatable bonds is 5. The summed E-state index contributed by atoms with van der Waals surface area (Å²) in [5.74, 6) is 2.88. The van der Waals surface area contributed by atoms with Crippen LogP contribution in [-0.2, 0) is 0 Å². The standard InChI is InChI=1S/C25H25N3O3/c1-15(2)20-13-21(16(3)12-23(20)30-5)24-27-22-9-7-6-8-19(22)25(29)28(24)26-14-18-11-10-17(4)31-18/h6-15H,1-5H3. The molecule has 6 nitrogen and oxygen atoms in total. The summed E-state index contributed by atoms with van der Waals surface area (Å²) in [4.78, 5) is 18.2. The van der Waals surface area contributed by atoms with E-state index in [4.69, 9.17) is 14.1 Å². The summed E-state index contributed by atoms with van der Waals surface area (Å²) in [6.45, 7) is 8.05. The third kappa shape index (κ3) is 3.89. The smallest absolute Gasteiger partial charge is 0.282 e. The normalized spacial score (nSPS) is 11.7. The van der Waals surface area contributed by atoms with Crippen molar-refractivity contribution in [2.75, 3.05) is 7.11 Å². The molecule has 4 rings (SSSR count). The van der Waals surface area contributed by atoms with Crippen LogP contribution in [0.2, 0.25) is 0 Å². The molecule has 0 unspecified atom stereocenters. The van der Waals surface area contributed by atoms with E-state index in [0.717, 1.165) is 28.2 Å². The highest BCUT2D eigenvalue weighted by Crippen LogP contribution is 2.34. The molecule has 0 aliphatic rings. The number of methoxy groups -OCH3 is 1. The van der Waals surface area contributed by atoms with Crippen LogP contribution in [0.1, 0.15) is 42.4 Å². The fourth-order valence-electron chi connectivity index (χ4n) is 3.61. The van der Waals surface area contributed by atoms with Crippen LogP contribution in [0.3, 0.4) is 0 Å². The molecule has 0 fully saturated rings. The fourth-order valence-corrected chi connectivity index (χ4v) is 3.61. The number of furan rings is 1. The molecule has 0 aliphatic heterocycles. The largest absolute Gasteiger partial charge is 0.496 e. The Morgan fingerprint density at radius 1 is 1.13 bits per heavy atom. The van der Waals surface area contributed by atoms with Gasteiger partial charge in [0.25, 0.3) is 5.56 Å². The van der Waals surface area contributed by atoms with Crippen molar-refractivity contribution < 1.29 is 9.15 Å². The van der Waals surface area contributed by atoms with Crippen molar-refractivity contribution in [3.05, 3.63) is 81.5 Å². The number of hydrogen-bond donors (Lipinski definition) is 0. The number of hydrogen-bond acceptors (Lipinski definition) is 5. The molecule has 6 heteroatoms. The Morgan fingerprint density at radius 3 is 2.58 bits per heavy atom. The van der Waals surface area contributed by atoms with Gasteiger partial charge in [-0.1, -0.05) is 26.0 Å². The van der Waals surface area contributed by atoms with Crippen LogP contribution in [0.5, 0.6) is 5.75 Å². The van der Waals surface area contributed by atoms with Gasteiger partial charge in [0, 0.05) is 5.56 Å². The Balaban J connectivity index is 2.00. The lowest BCUT2D eigenvalue weighted by atomic mass is 9.96. The van der Waals surface area contributed by atoms with Crippen molar-refractivity contribution in [3.63, 3.8) is 0 Å². The van der Waals surface area contributed by atoms with Crippen molar-refractivity contribution >= 4 is 17.1 Å². The zero-order valence-corrected chi connectivity index (χ0v) is 18.3. The number of aromatic nitrogens is 2. The maximum atomic E-state index is 13.4. The lowest BCUT2D eigenvalue weighted by Gasteiger charge is -2.17. The van der Waals surface area contributed by atoms with Gasteiger partial charge in [0.05, 0.1) is 24.2 Å². The molecule has 31 heavy (non-hydrogen) atoms. The first kappa shape index (κ1) is 20.6. The summed E-state index contributed by atoms with van der Waals surface area (Å²) in [6.07, 6.45) is 1.54. The summed E-state index contributed by atoms with van der Waals surface area (Å²) < 4.78 is 12.5. The van der Waals surface area contributed by atoms with Crippen LogP contribution < -0.4 is 10.3 Å². The van der Waals surface area contributed by atoms with E-state index in [1.165, 1.54) is 10.9 Å². The zero-order valence-electron chi connectivity index (χ0n) is 18.3. The fraction of sp³-hybridized carbons (Fsp3) is 0.240. The Bertz CT molecular complexity index is 1350. The van der Waals surface area contributed by atoms with Gasteiger partial charge < -0.3 is 9.15 Å². The van der Waals surface area contributed by atoms with E-state index >= 15 is 0 Å². The summed E-state index contributed by atoms with van der Waals surface area (Å²) in [6, 6.07) is 15.0. The molecule has 2 heterocycles. The molecule has 0 amide bonds. The van der Waals surface area contributed by atoms with Gasteiger partial charge in [-0.15, -0.1) is 0 Å². The molecule has 0 aliphatic carbocycles. The van der Waals surface area contributed by atoms with Crippen LogP contribution in [-0.4, -0.2) is 23.0 Å². The molecule has 0 saturated heterocycles. The van der Waals surface area contributed by atoms with Crippen LogP contribution in [0.4, 0.5) is 0 Å². The molecule has 0 N–H and O–H groups in total. The molecule has 0 radical (unpaired) electrons. The number of para-hydroxylation sites is 1.